The molecule has 0 aliphatic carbocycles. The summed E-state index contributed by atoms with van der Waals surface area (Å²) in [5.74, 6) is 2.18. The van der Waals surface area contributed by atoms with Gasteiger partial charge in [0.2, 0.25) is 0 Å². The summed E-state index contributed by atoms with van der Waals surface area (Å²) in [6.45, 7) is 0. The predicted octanol–water partition coefficient (Wildman–Crippen LogP) is 6.36. The molecule has 0 bridgehead atoms. The number of para-hydroxylation sites is 2. The van der Waals surface area contributed by atoms with Gasteiger partial charge in [0.25, 0.3) is 0 Å². The molecule has 0 N–H and O–H groups in total. The highest BCUT2D eigenvalue weighted by molar-refractivity contribution is 7.73. The van der Waals surface area contributed by atoms with Crippen molar-refractivity contribution in [1.82, 2.24) is 0 Å². The van der Waals surface area contributed by atoms with Crippen LogP contribution in [-0.4, -0.2) is 20.4 Å². The molecule has 3 heteroatoms. The molecule has 0 aromatic heterocycles. The van der Waals surface area contributed by atoms with Crippen LogP contribution in [-0.2, 0) is 0 Å². The third-order valence-corrected chi connectivity index (χ3v) is 8.38. The van der Waals surface area contributed by atoms with E-state index in [-0.39, 0.29) is 5.92 Å². The number of methoxy groups -OCH3 is 2. The maximum atomic E-state index is 5.76. The topological polar surface area (TPSA) is 18.5 Å². The lowest BCUT2D eigenvalue weighted by Crippen LogP contribution is -2.17. The molecule has 4 aromatic carbocycles. The summed E-state index contributed by atoms with van der Waals surface area (Å²) in [5, 5.41) is 2.67. The maximum Gasteiger partial charge on any atom is 0.126 e. The van der Waals surface area contributed by atoms with E-state index in [0.29, 0.717) is 0 Å². The molecule has 2 nitrogen and oxygen atoms in total. The lowest BCUT2D eigenvalue weighted by Gasteiger charge is -2.25. The second-order valence-electron chi connectivity index (χ2n) is 7.65. The van der Waals surface area contributed by atoms with Gasteiger partial charge in [0.15, 0.2) is 0 Å². The summed E-state index contributed by atoms with van der Waals surface area (Å²) in [4.78, 5) is 0. The minimum atomic E-state index is -0.570. The molecule has 32 heavy (non-hydrogen) atoms. The van der Waals surface area contributed by atoms with Crippen LogP contribution in [0, 0.1) is 0 Å². The first kappa shape index (κ1) is 22.1. The van der Waals surface area contributed by atoms with Crippen LogP contribution >= 0.6 is 7.92 Å². The van der Waals surface area contributed by atoms with Crippen molar-refractivity contribution in [2.24, 2.45) is 0 Å². The first-order valence-corrected chi connectivity index (χ1v) is 12.5. The molecule has 2 atom stereocenters. The number of hydrogen-bond acceptors (Lipinski definition) is 2. The maximum absolute atomic E-state index is 5.76. The molecule has 0 amide bonds. The smallest absolute Gasteiger partial charge is 0.126 e. The van der Waals surface area contributed by atoms with E-state index < -0.39 is 7.92 Å². The molecule has 0 aliphatic heterocycles. The molecule has 0 radical (unpaired) electrons. The second-order valence-corrected chi connectivity index (χ2v) is 9.95. The summed E-state index contributed by atoms with van der Waals surface area (Å²) in [5.41, 5.74) is 2.56. The van der Waals surface area contributed by atoms with Crippen molar-refractivity contribution >= 4 is 18.5 Å². The molecular formula is C29H29O2P. The van der Waals surface area contributed by atoms with Crippen molar-refractivity contribution in [1.29, 1.82) is 0 Å². The van der Waals surface area contributed by atoms with Crippen LogP contribution in [0.3, 0.4) is 0 Å². The van der Waals surface area contributed by atoms with Crippen molar-refractivity contribution in [3.8, 4) is 11.5 Å². The van der Waals surface area contributed by atoms with Gasteiger partial charge in [0, 0.05) is 16.8 Å². The molecule has 0 saturated heterocycles. The van der Waals surface area contributed by atoms with E-state index in [4.69, 9.17) is 9.47 Å². The average molecular weight is 441 g/mol. The SMILES string of the molecule is COc1ccccc1C(CCP(c1ccccc1)c1ccccc1OC)c1ccccc1. The summed E-state index contributed by atoms with van der Waals surface area (Å²) in [6.07, 6.45) is 2.07. The van der Waals surface area contributed by atoms with Gasteiger partial charge in [0.05, 0.1) is 14.2 Å². The van der Waals surface area contributed by atoms with Crippen LogP contribution in [0.25, 0.3) is 0 Å². The zero-order valence-corrected chi connectivity index (χ0v) is 19.5. The normalized spacial score (nSPS) is 12.7. The minimum Gasteiger partial charge on any atom is -0.496 e. The van der Waals surface area contributed by atoms with Crippen molar-refractivity contribution in [3.63, 3.8) is 0 Å². The fourth-order valence-electron chi connectivity index (χ4n) is 4.25. The van der Waals surface area contributed by atoms with Crippen molar-refractivity contribution in [2.45, 2.75) is 12.3 Å². The monoisotopic (exact) mass is 440 g/mol. The zero-order valence-electron chi connectivity index (χ0n) is 18.6. The minimum absolute atomic E-state index is 0.260. The van der Waals surface area contributed by atoms with Gasteiger partial charge in [0.1, 0.15) is 11.5 Å². The number of hydrogen-bond donors (Lipinski definition) is 0. The Kier molecular flexibility index (Phi) is 7.59. The van der Waals surface area contributed by atoms with Crippen molar-refractivity contribution in [2.75, 3.05) is 20.4 Å². The fraction of sp³-hybridized carbons (Fsp3) is 0.172. The Morgan fingerprint density at radius 3 is 1.88 bits per heavy atom. The number of ether oxygens (including phenoxy) is 2. The molecular weight excluding hydrogens is 411 g/mol. The second kappa shape index (κ2) is 11.0. The first-order valence-electron chi connectivity index (χ1n) is 10.9. The standard InChI is InChI=1S/C29H29O2P/c1-30-27-18-10-9-17-26(27)25(23-13-5-3-6-14-23)21-22-32(24-15-7-4-8-16-24)29-20-12-11-19-28(29)31-2/h3-20,25H,21-22H2,1-2H3. The van der Waals surface area contributed by atoms with Crippen LogP contribution in [0.4, 0.5) is 0 Å². The van der Waals surface area contributed by atoms with Gasteiger partial charge in [-0.15, -0.1) is 0 Å². The summed E-state index contributed by atoms with van der Waals surface area (Å²) >= 11 is 0. The summed E-state index contributed by atoms with van der Waals surface area (Å²) in [7, 11) is 2.95. The molecule has 162 valence electrons. The average Bonchev–Trinajstić information content (AvgIpc) is 2.88. The third kappa shape index (κ3) is 5.03. The Hall–Kier alpha value is -3.09. The van der Waals surface area contributed by atoms with E-state index in [9.17, 15) is 0 Å². The van der Waals surface area contributed by atoms with E-state index >= 15 is 0 Å². The molecule has 0 saturated carbocycles. The Labute approximate surface area is 192 Å². The van der Waals surface area contributed by atoms with Crippen LogP contribution in [0.2, 0.25) is 0 Å². The van der Waals surface area contributed by atoms with Gasteiger partial charge >= 0.3 is 0 Å². The van der Waals surface area contributed by atoms with Crippen LogP contribution in [0.15, 0.2) is 109 Å². The van der Waals surface area contributed by atoms with E-state index in [1.165, 1.54) is 21.7 Å². The van der Waals surface area contributed by atoms with E-state index in [2.05, 4.69) is 97.1 Å². The zero-order chi connectivity index (χ0) is 22.2. The van der Waals surface area contributed by atoms with E-state index in [0.717, 1.165) is 24.1 Å². The van der Waals surface area contributed by atoms with Gasteiger partial charge < -0.3 is 9.47 Å². The molecule has 4 rings (SSSR count). The lowest BCUT2D eigenvalue weighted by atomic mass is 9.88. The van der Waals surface area contributed by atoms with Gasteiger partial charge in [-0.25, -0.2) is 0 Å². The number of benzene rings is 4. The lowest BCUT2D eigenvalue weighted by molar-refractivity contribution is 0.407. The molecule has 0 spiro atoms. The Morgan fingerprint density at radius 1 is 0.625 bits per heavy atom. The van der Waals surface area contributed by atoms with Crippen LogP contribution in [0.5, 0.6) is 11.5 Å². The van der Waals surface area contributed by atoms with E-state index in [1.807, 2.05) is 12.1 Å². The van der Waals surface area contributed by atoms with Gasteiger partial charge in [-0.05, 0) is 43.5 Å². The van der Waals surface area contributed by atoms with E-state index in [1.54, 1.807) is 14.2 Å². The molecule has 0 aliphatic rings. The van der Waals surface area contributed by atoms with Crippen molar-refractivity contribution < 1.29 is 9.47 Å². The summed E-state index contributed by atoms with van der Waals surface area (Å²) in [6, 6.07) is 38.5. The Morgan fingerprint density at radius 2 is 1.19 bits per heavy atom. The quantitative estimate of drug-likeness (QED) is 0.282. The molecule has 4 aromatic rings. The fourth-order valence-corrected chi connectivity index (χ4v) is 6.77. The van der Waals surface area contributed by atoms with Gasteiger partial charge in [-0.2, -0.15) is 0 Å². The van der Waals surface area contributed by atoms with Crippen LogP contribution in [0.1, 0.15) is 23.5 Å². The molecule has 0 fully saturated rings. The molecule has 0 heterocycles. The van der Waals surface area contributed by atoms with Gasteiger partial charge in [-0.1, -0.05) is 97.1 Å². The molecule has 2 unspecified atom stereocenters. The largest absolute Gasteiger partial charge is 0.496 e. The Balaban J connectivity index is 1.72. The highest BCUT2D eigenvalue weighted by Gasteiger charge is 2.23. The predicted molar refractivity (Wildman–Crippen MR) is 136 cm³/mol. The Bertz CT molecular complexity index is 1020. The third-order valence-electron chi connectivity index (χ3n) is 5.80. The van der Waals surface area contributed by atoms with Gasteiger partial charge in [-0.3, -0.25) is 0 Å². The number of rotatable bonds is 9. The van der Waals surface area contributed by atoms with Crippen LogP contribution < -0.4 is 20.1 Å². The highest BCUT2D eigenvalue weighted by atomic mass is 31.1. The first-order chi connectivity index (χ1) is 15.8. The summed E-state index contributed by atoms with van der Waals surface area (Å²) < 4.78 is 11.5. The highest BCUT2D eigenvalue weighted by Crippen LogP contribution is 2.42. The van der Waals surface area contributed by atoms with Crippen molar-refractivity contribution in [3.05, 3.63) is 120 Å².